The summed E-state index contributed by atoms with van der Waals surface area (Å²) >= 11 is 6.99. The van der Waals surface area contributed by atoms with Crippen molar-refractivity contribution in [3.8, 4) is 0 Å². The summed E-state index contributed by atoms with van der Waals surface area (Å²) in [6, 6.07) is 6.50. The highest BCUT2D eigenvalue weighted by atomic mass is 79.9. The number of hydrogen-bond acceptors (Lipinski definition) is 4. The lowest BCUT2D eigenvalue weighted by Crippen LogP contribution is -2.13. The van der Waals surface area contributed by atoms with Crippen molar-refractivity contribution in [2.24, 2.45) is 0 Å². The van der Waals surface area contributed by atoms with Gasteiger partial charge in [0.2, 0.25) is 0 Å². The molecule has 0 unspecified atom stereocenters. The summed E-state index contributed by atoms with van der Waals surface area (Å²) in [6.45, 7) is 4.17. The number of hydrogen-bond donors (Lipinski definition) is 1. The van der Waals surface area contributed by atoms with Crippen LogP contribution in [-0.2, 0) is 6.54 Å². The van der Waals surface area contributed by atoms with Crippen LogP contribution in [0.25, 0.3) is 0 Å². The largest absolute Gasteiger partial charge is 0.313 e. The third-order valence-electron chi connectivity index (χ3n) is 2.36. The van der Waals surface area contributed by atoms with Gasteiger partial charge in [0.25, 0.3) is 0 Å². The van der Waals surface area contributed by atoms with Crippen molar-refractivity contribution in [1.29, 1.82) is 0 Å². The van der Waals surface area contributed by atoms with Crippen molar-refractivity contribution in [1.82, 2.24) is 10.3 Å². The van der Waals surface area contributed by atoms with E-state index >= 15 is 0 Å². The lowest BCUT2D eigenvalue weighted by Gasteiger charge is -2.07. The first kappa shape index (κ1) is 14.1. The first-order chi connectivity index (χ1) is 8.79. The van der Waals surface area contributed by atoms with E-state index in [1.54, 1.807) is 23.1 Å². The number of nitrogens with one attached hydrogen (secondary N) is 1. The number of halogens is 1. The first-order valence-corrected chi connectivity index (χ1v) is 8.35. The van der Waals surface area contributed by atoms with E-state index in [1.165, 1.54) is 16.9 Å². The maximum absolute atomic E-state index is 4.28. The number of thiazole rings is 1. The number of benzene rings is 1. The number of nitrogens with zero attached hydrogens (tertiary/aromatic N) is 1. The Balaban J connectivity index is 2.01. The van der Waals surface area contributed by atoms with Crippen LogP contribution in [0.3, 0.4) is 0 Å². The molecule has 0 fully saturated rings. The minimum atomic E-state index is 0.925. The van der Waals surface area contributed by atoms with Gasteiger partial charge in [-0.05, 0) is 46.6 Å². The lowest BCUT2D eigenvalue weighted by molar-refractivity contribution is 0.675. The van der Waals surface area contributed by atoms with Gasteiger partial charge in [-0.25, -0.2) is 4.98 Å². The molecule has 0 aliphatic rings. The Bertz CT molecular complexity index is 486. The van der Waals surface area contributed by atoms with Crippen molar-refractivity contribution in [2.45, 2.75) is 29.1 Å². The molecule has 96 valence electrons. The summed E-state index contributed by atoms with van der Waals surface area (Å²) in [5.41, 5.74) is 1.30. The van der Waals surface area contributed by atoms with Gasteiger partial charge in [-0.2, -0.15) is 0 Å². The van der Waals surface area contributed by atoms with E-state index < -0.39 is 0 Å². The number of aromatic nitrogens is 1. The van der Waals surface area contributed by atoms with Gasteiger partial charge in [0.1, 0.15) is 0 Å². The molecule has 0 atom stereocenters. The van der Waals surface area contributed by atoms with Crippen LogP contribution in [0.2, 0.25) is 0 Å². The second-order valence-electron chi connectivity index (χ2n) is 3.84. The van der Waals surface area contributed by atoms with Gasteiger partial charge >= 0.3 is 0 Å². The molecule has 2 nitrogen and oxygen atoms in total. The monoisotopic (exact) mass is 342 g/mol. The normalized spacial score (nSPS) is 10.8. The fourth-order valence-corrected chi connectivity index (χ4v) is 3.75. The van der Waals surface area contributed by atoms with Crippen LogP contribution >= 0.6 is 39.0 Å². The highest BCUT2D eigenvalue weighted by Gasteiger charge is 2.05. The second-order valence-corrected chi connectivity index (χ2v) is 6.88. The van der Waals surface area contributed by atoms with Crippen LogP contribution in [0.4, 0.5) is 0 Å². The molecule has 2 aromatic rings. The maximum atomic E-state index is 4.28. The molecule has 2 rings (SSSR count). The van der Waals surface area contributed by atoms with E-state index in [1.807, 2.05) is 11.6 Å². The van der Waals surface area contributed by atoms with Crippen LogP contribution in [0.5, 0.6) is 0 Å². The van der Waals surface area contributed by atoms with Crippen LogP contribution in [0.1, 0.15) is 18.9 Å². The summed E-state index contributed by atoms with van der Waals surface area (Å²) in [5.74, 6) is 0. The Kier molecular flexibility index (Phi) is 5.69. The molecule has 0 saturated heterocycles. The summed E-state index contributed by atoms with van der Waals surface area (Å²) in [5, 5.41) is 5.40. The molecule has 1 N–H and O–H groups in total. The Morgan fingerprint density at radius 1 is 1.44 bits per heavy atom. The fraction of sp³-hybridized carbons (Fsp3) is 0.308. The molecule has 0 aliphatic carbocycles. The summed E-state index contributed by atoms with van der Waals surface area (Å²) < 4.78 is 2.21. The van der Waals surface area contributed by atoms with Gasteiger partial charge in [0.05, 0.1) is 0 Å². The third-order valence-corrected chi connectivity index (χ3v) is 5.24. The lowest BCUT2D eigenvalue weighted by atomic mass is 10.2. The molecule has 0 amide bonds. The van der Waals surface area contributed by atoms with Gasteiger partial charge in [-0.3, -0.25) is 0 Å². The molecule has 0 saturated carbocycles. The van der Waals surface area contributed by atoms with Crippen molar-refractivity contribution >= 4 is 39.0 Å². The van der Waals surface area contributed by atoms with Crippen LogP contribution in [-0.4, -0.2) is 11.5 Å². The fourth-order valence-electron chi connectivity index (χ4n) is 1.50. The molecule has 0 aliphatic heterocycles. The predicted molar refractivity (Wildman–Crippen MR) is 82.4 cm³/mol. The van der Waals surface area contributed by atoms with E-state index in [2.05, 4.69) is 51.4 Å². The average Bonchev–Trinajstić information content (AvgIpc) is 2.86. The van der Waals surface area contributed by atoms with E-state index in [9.17, 15) is 0 Å². The van der Waals surface area contributed by atoms with Crippen LogP contribution in [0, 0.1) is 0 Å². The molecule has 0 radical (unpaired) electrons. The second kappa shape index (κ2) is 7.28. The molecule has 0 bridgehead atoms. The molecule has 18 heavy (non-hydrogen) atoms. The van der Waals surface area contributed by atoms with Gasteiger partial charge in [-0.15, -0.1) is 11.3 Å². The van der Waals surface area contributed by atoms with Crippen molar-refractivity contribution in [3.05, 3.63) is 39.8 Å². The SMILES string of the molecule is CCCNCc1ccc(Sc2nccs2)c(Br)c1. The zero-order valence-electron chi connectivity index (χ0n) is 10.1. The highest BCUT2D eigenvalue weighted by molar-refractivity contribution is 9.10. The van der Waals surface area contributed by atoms with Gasteiger partial charge in [0, 0.05) is 27.5 Å². The van der Waals surface area contributed by atoms with Crippen LogP contribution < -0.4 is 5.32 Å². The summed E-state index contributed by atoms with van der Waals surface area (Å²) in [7, 11) is 0. The predicted octanol–water partition coefficient (Wildman–Crippen LogP) is 4.56. The minimum absolute atomic E-state index is 0.925. The third kappa shape index (κ3) is 4.09. The van der Waals surface area contributed by atoms with E-state index in [0.29, 0.717) is 0 Å². The average molecular weight is 343 g/mol. The molecular weight excluding hydrogens is 328 g/mol. The summed E-state index contributed by atoms with van der Waals surface area (Å²) in [6.07, 6.45) is 3.00. The van der Waals surface area contributed by atoms with E-state index in [-0.39, 0.29) is 0 Å². The number of rotatable bonds is 6. The minimum Gasteiger partial charge on any atom is -0.313 e. The van der Waals surface area contributed by atoms with Gasteiger partial charge in [0.15, 0.2) is 4.34 Å². The Morgan fingerprint density at radius 2 is 2.33 bits per heavy atom. The Hall–Kier alpha value is -0.360. The van der Waals surface area contributed by atoms with Gasteiger partial charge in [-0.1, -0.05) is 24.8 Å². The first-order valence-electron chi connectivity index (χ1n) is 5.86. The van der Waals surface area contributed by atoms with E-state index in [4.69, 9.17) is 0 Å². The van der Waals surface area contributed by atoms with Crippen LogP contribution in [0.15, 0.2) is 43.5 Å². The smallest absolute Gasteiger partial charge is 0.154 e. The van der Waals surface area contributed by atoms with Crippen molar-refractivity contribution in [2.75, 3.05) is 6.54 Å². The Morgan fingerprint density at radius 3 is 3.00 bits per heavy atom. The van der Waals surface area contributed by atoms with Gasteiger partial charge < -0.3 is 5.32 Å². The maximum Gasteiger partial charge on any atom is 0.154 e. The topological polar surface area (TPSA) is 24.9 Å². The zero-order valence-corrected chi connectivity index (χ0v) is 13.4. The standard InChI is InChI=1S/C13H15BrN2S2/c1-2-5-15-9-10-3-4-12(11(14)8-10)18-13-16-6-7-17-13/h3-4,6-8,15H,2,5,9H2,1H3. The highest BCUT2D eigenvalue weighted by Crippen LogP contribution is 2.34. The zero-order chi connectivity index (χ0) is 12.8. The van der Waals surface area contributed by atoms with Crippen molar-refractivity contribution in [3.63, 3.8) is 0 Å². The molecular formula is C13H15BrN2S2. The Labute approximate surface area is 124 Å². The molecule has 5 heteroatoms. The van der Waals surface area contributed by atoms with Crippen molar-refractivity contribution < 1.29 is 0 Å². The quantitative estimate of drug-likeness (QED) is 0.779. The molecule has 1 heterocycles. The van der Waals surface area contributed by atoms with E-state index in [0.717, 1.165) is 21.9 Å². The summed E-state index contributed by atoms with van der Waals surface area (Å²) in [4.78, 5) is 5.50. The molecule has 1 aromatic heterocycles. The molecule has 0 spiro atoms. The molecule has 1 aromatic carbocycles.